The van der Waals surface area contributed by atoms with Crippen molar-refractivity contribution in [2.75, 3.05) is 20.2 Å². The number of aryl methyl sites for hydroxylation is 1. The van der Waals surface area contributed by atoms with E-state index in [0.29, 0.717) is 30.1 Å². The van der Waals surface area contributed by atoms with Gasteiger partial charge in [-0.25, -0.2) is 4.39 Å². The Morgan fingerprint density at radius 1 is 1.30 bits per heavy atom. The number of likely N-dealkylation sites (tertiary alicyclic amines) is 1. The van der Waals surface area contributed by atoms with Crippen molar-refractivity contribution in [1.29, 1.82) is 0 Å². The van der Waals surface area contributed by atoms with Crippen LogP contribution in [0.3, 0.4) is 0 Å². The van der Waals surface area contributed by atoms with E-state index < -0.39 is 5.67 Å². The molecule has 0 bridgehead atoms. The SMILES string of the molecule is COc1cccc(C2(F)CCN(C(=O)c3ccnn3C)CC2)c1. The molecule has 1 aromatic carbocycles. The average Bonchev–Trinajstić information content (AvgIpc) is 3.01. The van der Waals surface area contributed by atoms with Gasteiger partial charge < -0.3 is 9.64 Å². The average molecular weight is 317 g/mol. The van der Waals surface area contributed by atoms with Crippen molar-refractivity contribution in [3.8, 4) is 5.75 Å². The molecule has 0 N–H and O–H groups in total. The Bertz CT molecular complexity index is 705. The fourth-order valence-electron chi connectivity index (χ4n) is 3.00. The second-order valence-electron chi connectivity index (χ2n) is 5.83. The smallest absolute Gasteiger partial charge is 0.272 e. The Kier molecular flexibility index (Phi) is 4.07. The topological polar surface area (TPSA) is 47.4 Å². The van der Waals surface area contributed by atoms with E-state index in [-0.39, 0.29) is 18.7 Å². The summed E-state index contributed by atoms with van der Waals surface area (Å²) >= 11 is 0. The second kappa shape index (κ2) is 6.02. The van der Waals surface area contributed by atoms with Crippen molar-refractivity contribution >= 4 is 5.91 Å². The van der Waals surface area contributed by atoms with Gasteiger partial charge in [-0.15, -0.1) is 0 Å². The molecule has 1 fully saturated rings. The van der Waals surface area contributed by atoms with Crippen LogP contribution in [0, 0.1) is 0 Å². The number of halogens is 1. The summed E-state index contributed by atoms with van der Waals surface area (Å²) in [6.45, 7) is 0.773. The van der Waals surface area contributed by atoms with Gasteiger partial charge in [0.2, 0.25) is 0 Å². The Hall–Kier alpha value is -2.37. The number of hydrogen-bond donors (Lipinski definition) is 0. The van der Waals surface area contributed by atoms with Gasteiger partial charge in [-0.3, -0.25) is 9.48 Å². The molecule has 1 amide bonds. The molecule has 2 aromatic rings. The maximum atomic E-state index is 15.3. The molecule has 1 saturated heterocycles. The molecule has 1 aromatic heterocycles. The van der Waals surface area contributed by atoms with E-state index in [4.69, 9.17) is 4.74 Å². The molecular formula is C17H20FN3O2. The minimum Gasteiger partial charge on any atom is -0.497 e. The molecular weight excluding hydrogens is 297 g/mol. The van der Waals surface area contributed by atoms with E-state index in [0.717, 1.165) is 0 Å². The van der Waals surface area contributed by atoms with Crippen LogP contribution in [-0.4, -0.2) is 40.8 Å². The number of piperidine rings is 1. The number of benzene rings is 1. The summed E-state index contributed by atoms with van der Waals surface area (Å²) in [5, 5.41) is 4.01. The zero-order valence-electron chi connectivity index (χ0n) is 13.3. The highest BCUT2D eigenvalue weighted by molar-refractivity contribution is 5.92. The lowest BCUT2D eigenvalue weighted by Gasteiger charge is -2.36. The Morgan fingerprint density at radius 3 is 2.65 bits per heavy atom. The van der Waals surface area contributed by atoms with Gasteiger partial charge in [0.1, 0.15) is 17.1 Å². The van der Waals surface area contributed by atoms with Crippen LogP contribution in [-0.2, 0) is 12.7 Å². The molecule has 3 rings (SSSR count). The van der Waals surface area contributed by atoms with Gasteiger partial charge in [0.25, 0.3) is 5.91 Å². The first-order valence-electron chi connectivity index (χ1n) is 7.64. The number of carbonyl (C=O) groups excluding carboxylic acids is 1. The number of aromatic nitrogens is 2. The van der Waals surface area contributed by atoms with Gasteiger partial charge in [-0.2, -0.15) is 5.10 Å². The molecule has 122 valence electrons. The summed E-state index contributed by atoms with van der Waals surface area (Å²) < 4.78 is 22.0. The third-order valence-electron chi connectivity index (χ3n) is 4.47. The predicted octanol–water partition coefficient (Wildman–Crippen LogP) is 2.53. The van der Waals surface area contributed by atoms with E-state index in [1.807, 2.05) is 0 Å². The van der Waals surface area contributed by atoms with Crippen LogP contribution in [0.5, 0.6) is 5.75 Å². The number of rotatable bonds is 3. The molecule has 5 nitrogen and oxygen atoms in total. The normalized spacial score (nSPS) is 17.1. The lowest BCUT2D eigenvalue weighted by atomic mass is 9.86. The van der Waals surface area contributed by atoms with Crippen LogP contribution < -0.4 is 4.74 Å². The number of methoxy groups -OCH3 is 1. The first-order valence-corrected chi connectivity index (χ1v) is 7.64. The van der Waals surface area contributed by atoms with Crippen LogP contribution in [0.1, 0.15) is 28.9 Å². The third-order valence-corrected chi connectivity index (χ3v) is 4.47. The van der Waals surface area contributed by atoms with Crippen LogP contribution in [0.15, 0.2) is 36.5 Å². The molecule has 1 aliphatic heterocycles. The Balaban J connectivity index is 1.72. The fourth-order valence-corrected chi connectivity index (χ4v) is 3.00. The molecule has 0 atom stereocenters. The zero-order chi connectivity index (χ0) is 16.4. The quantitative estimate of drug-likeness (QED) is 0.874. The van der Waals surface area contributed by atoms with Gasteiger partial charge >= 0.3 is 0 Å². The van der Waals surface area contributed by atoms with E-state index in [2.05, 4.69) is 5.10 Å². The number of amides is 1. The van der Waals surface area contributed by atoms with Crippen molar-refractivity contribution in [3.63, 3.8) is 0 Å². The van der Waals surface area contributed by atoms with Crippen LogP contribution >= 0.6 is 0 Å². The number of carbonyl (C=O) groups is 1. The Labute approximate surface area is 134 Å². The van der Waals surface area contributed by atoms with Crippen molar-refractivity contribution < 1.29 is 13.9 Å². The summed E-state index contributed by atoms with van der Waals surface area (Å²) in [5.41, 5.74) is -0.278. The molecule has 2 heterocycles. The molecule has 23 heavy (non-hydrogen) atoms. The standard InChI is InChI=1S/C17H20FN3O2/c1-20-15(6-9-19-20)16(22)21-10-7-17(18,8-11-21)13-4-3-5-14(12-13)23-2/h3-6,9,12H,7-8,10-11H2,1-2H3. The highest BCUT2D eigenvalue weighted by atomic mass is 19.1. The van der Waals surface area contributed by atoms with E-state index in [1.165, 1.54) is 0 Å². The van der Waals surface area contributed by atoms with Crippen LogP contribution in [0.25, 0.3) is 0 Å². The summed E-state index contributed by atoms with van der Waals surface area (Å²) in [6.07, 6.45) is 2.15. The van der Waals surface area contributed by atoms with Gasteiger partial charge in [-0.05, 0) is 23.8 Å². The third kappa shape index (κ3) is 2.93. The number of ether oxygens (including phenoxy) is 1. The van der Waals surface area contributed by atoms with Gasteiger partial charge in [0, 0.05) is 39.2 Å². The summed E-state index contributed by atoms with van der Waals surface area (Å²) in [6, 6.07) is 8.79. The van der Waals surface area contributed by atoms with Gasteiger partial charge in [-0.1, -0.05) is 12.1 Å². The highest BCUT2D eigenvalue weighted by Crippen LogP contribution is 2.38. The maximum absolute atomic E-state index is 15.3. The molecule has 0 saturated carbocycles. The highest BCUT2D eigenvalue weighted by Gasteiger charge is 2.38. The Morgan fingerprint density at radius 2 is 2.04 bits per heavy atom. The summed E-state index contributed by atoms with van der Waals surface area (Å²) in [5.74, 6) is 0.547. The first kappa shape index (κ1) is 15.5. The molecule has 0 spiro atoms. The lowest BCUT2D eigenvalue weighted by Crippen LogP contribution is -2.43. The van der Waals surface area contributed by atoms with E-state index in [1.54, 1.807) is 60.3 Å². The van der Waals surface area contributed by atoms with Crippen molar-refractivity contribution in [3.05, 3.63) is 47.8 Å². The van der Waals surface area contributed by atoms with Gasteiger partial charge in [0.15, 0.2) is 0 Å². The van der Waals surface area contributed by atoms with Crippen molar-refractivity contribution in [2.45, 2.75) is 18.5 Å². The number of hydrogen-bond acceptors (Lipinski definition) is 3. The van der Waals surface area contributed by atoms with E-state index in [9.17, 15) is 4.79 Å². The van der Waals surface area contributed by atoms with Crippen LogP contribution in [0.4, 0.5) is 4.39 Å². The number of nitrogens with zero attached hydrogens (tertiary/aromatic N) is 3. The van der Waals surface area contributed by atoms with Gasteiger partial charge in [0.05, 0.1) is 7.11 Å². The van der Waals surface area contributed by atoms with E-state index >= 15 is 4.39 Å². The molecule has 6 heteroatoms. The van der Waals surface area contributed by atoms with Crippen LogP contribution in [0.2, 0.25) is 0 Å². The lowest BCUT2D eigenvalue weighted by molar-refractivity contribution is 0.0412. The fraction of sp³-hybridized carbons (Fsp3) is 0.412. The second-order valence-corrected chi connectivity index (χ2v) is 5.83. The first-order chi connectivity index (χ1) is 11.0. The largest absolute Gasteiger partial charge is 0.497 e. The molecule has 0 aliphatic carbocycles. The zero-order valence-corrected chi connectivity index (χ0v) is 13.3. The minimum absolute atomic E-state index is 0.0994. The molecule has 0 unspecified atom stereocenters. The predicted molar refractivity (Wildman–Crippen MR) is 84.1 cm³/mol. The summed E-state index contributed by atoms with van der Waals surface area (Å²) in [7, 11) is 3.30. The van der Waals surface area contributed by atoms with Crippen molar-refractivity contribution in [2.24, 2.45) is 7.05 Å². The molecule has 1 aliphatic rings. The minimum atomic E-state index is -1.42. The monoisotopic (exact) mass is 317 g/mol. The maximum Gasteiger partial charge on any atom is 0.272 e. The molecule has 0 radical (unpaired) electrons. The summed E-state index contributed by atoms with van der Waals surface area (Å²) in [4.78, 5) is 14.1. The number of alkyl halides is 1. The van der Waals surface area contributed by atoms with Crippen molar-refractivity contribution in [1.82, 2.24) is 14.7 Å².